The van der Waals surface area contributed by atoms with Crippen molar-refractivity contribution in [1.29, 1.82) is 0 Å². The average molecular weight is 407 g/mol. The lowest BCUT2D eigenvalue weighted by molar-refractivity contribution is -0.114. The second kappa shape index (κ2) is 9.03. The standard InChI is InChI=1S/C19H26N4O4S/c1-5-23(6-2)28(26,27)17-11-18(22(4)13-17)19(25)20-12-15-8-7-9-16(10-15)21-14(3)24/h7-11,13H,5-6,12H2,1-4H3,(H,20,25)(H,21,24). The summed E-state index contributed by atoms with van der Waals surface area (Å²) in [5.41, 5.74) is 1.71. The molecule has 0 radical (unpaired) electrons. The third kappa shape index (κ3) is 4.99. The number of carbonyl (C=O) groups is 2. The van der Waals surface area contributed by atoms with Crippen LogP contribution >= 0.6 is 0 Å². The second-order valence-electron chi connectivity index (χ2n) is 6.33. The molecule has 2 N–H and O–H groups in total. The minimum Gasteiger partial charge on any atom is -0.347 e. The van der Waals surface area contributed by atoms with Gasteiger partial charge < -0.3 is 15.2 Å². The van der Waals surface area contributed by atoms with Crippen molar-refractivity contribution in [2.75, 3.05) is 18.4 Å². The molecule has 0 aliphatic rings. The first-order chi connectivity index (χ1) is 13.2. The van der Waals surface area contributed by atoms with Crippen molar-refractivity contribution < 1.29 is 18.0 Å². The van der Waals surface area contributed by atoms with Gasteiger partial charge in [0, 0.05) is 45.5 Å². The fourth-order valence-corrected chi connectivity index (χ4v) is 4.38. The Hall–Kier alpha value is -2.65. The zero-order chi connectivity index (χ0) is 20.9. The van der Waals surface area contributed by atoms with E-state index in [0.717, 1.165) is 5.56 Å². The van der Waals surface area contributed by atoms with Crippen molar-refractivity contribution in [2.45, 2.75) is 32.2 Å². The topological polar surface area (TPSA) is 101 Å². The zero-order valence-electron chi connectivity index (χ0n) is 16.5. The van der Waals surface area contributed by atoms with E-state index in [9.17, 15) is 18.0 Å². The van der Waals surface area contributed by atoms with Crippen molar-refractivity contribution in [1.82, 2.24) is 14.2 Å². The van der Waals surface area contributed by atoms with E-state index >= 15 is 0 Å². The number of anilines is 1. The lowest BCUT2D eigenvalue weighted by Gasteiger charge is -2.17. The van der Waals surface area contributed by atoms with Crippen LogP contribution in [0.5, 0.6) is 0 Å². The number of sulfonamides is 1. The lowest BCUT2D eigenvalue weighted by atomic mass is 10.2. The molecule has 2 rings (SSSR count). The Morgan fingerprint density at radius 2 is 1.82 bits per heavy atom. The predicted molar refractivity (Wildman–Crippen MR) is 107 cm³/mol. The van der Waals surface area contributed by atoms with Gasteiger partial charge in [0.2, 0.25) is 15.9 Å². The molecular weight excluding hydrogens is 380 g/mol. The molecule has 0 aliphatic heterocycles. The van der Waals surface area contributed by atoms with Crippen LogP contribution in [0.15, 0.2) is 41.4 Å². The van der Waals surface area contributed by atoms with Gasteiger partial charge in [0.05, 0.1) is 0 Å². The number of hydrogen-bond acceptors (Lipinski definition) is 4. The fourth-order valence-electron chi connectivity index (χ4n) is 2.85. The lowest BCUT2D eigenvalue weighted by Crippen LogP contribution is -2.30. The second-order valence-corrected chi connectivity index (χ2v) is 8.26. The van der Waals surface area contributed by atoms with Gasteiger partial charge in [0.1, 0.15) is 10.6 Å². The molecule has 8 nitrogen and oxygen atoms in total. The maximum absolute atomic E-state index is 12.6. The predicted octanol–water partition coefficient (Wildman–Crippen LogP) is 1.94. The first-order valence-electron chi connectivity index (χ1n) is 9.00. The van der Waals surface area contributed by atoms with Gasteiger partial charge in [-0.05, 0) is 23.8 Å². The van der Waals surface area contributed by atoms with Crippen molar-refractivity contribution in [3.8, 4) is 0 Å². The van der Waals surface area contributed by atoms with Gasteiger partial charge in [-0.15, -0.1) is 0 Å². The average Bonchev–Trinajstić information content (AvgIpc) is 3.03. The number of hydrogen-bond donors (Lipinski definition) is 2. The van der Waals surface area contributed by atoms with Crippen LogP contribution in [0.2, 0.25) is 0 Å². The Kier molecular flexibility index (Phi) is 6.98. The van der Waals surface area contributed by atoms with Crippen LogP contribution in [0.3, 0.4) is 0 Å². The molecule has 28 heavy (non-hydrogen) atoms. The van der Waals surface area contributed by atoms with Crippen molar-refractivity contribution in [2.24, 2.45) is 7.05 Å². The van der Waals surface area contributed by atoms with Gasteiger partial charge >= 0.3 is 0 Å². The van der Waals surface area contributed by atoms with Gasteiger partial charge in [-0.1, -0.05) is 26.0 Å². The highest BCUT2D eigenvalue weighted by Gasteiger charge is 2.25. The molecule has 0 bridgehead atoms. The van der Waals surface area contributed by atoms with E-state index in [4.69, 9.17) is 0 Å². The monoisotopic (exact) mass is 406 g/mol. The highest BCUT2D eigenvalue weighted by atomic mass is 32.2. The maximum Gasteiger partial charge on any atom is 0.268 e. The van der Waals surface area contributed by atoms with Gasteiger partial charge in [0.15, 0.2) is 0 Å². The van der Waals surface area contributed by atoms with Crippen molar-refractivity contribution >= 4 is 27.5 Å². The first-order valence-corrected chi connectivity index (χ1v) is 10.4. The number of benzene rings is 1. The molecule has 1 heterocycles. The van der Waals surface area contributed by atoms with Crippen LogP contribution in [-0.4, -0.2) is 42.2 Å². The SMILES string of the molecule is CCN(CC)S(=O)(=O)c1cc(C(=O)NCc2cccc(NC(C)=O)c2)n(C)c1. The van der Waals surface area contributed by atoms with Crippen LogP contribution in [0, 0.1) is 0 Å². The molecule has 2 amide bonds. The van der Waals surface area contributed by atoms with Crippen LogP contribution in [-0.2, 0) is 28.4 Å². The zero-order valence-corrected chi connectivity index (χ0v) is 17.3. The summed E-state index contributed by atoms with van der Waals surface area (Å²) in [6.45, 7) is 5.93. The van der Waals surface area contributed by atoms with E-state index < -0.39 is 10.0 Å². The molecule has 2 aromatic rings. The molecule has 152 valence electrons. The number of nitrogens with zero attached hydrogens (tertiary/aromatic N) is 2. The van der Waals surface area contributed by atoms with Crippen LogP contribution in [0.25, 0.3) is 0 Å². The molecule has 0 atom stereocenters. The molecule has 0 aliphatic carbocycles. The van der Waals surface area contributed by atoms with Crippen molar-refractivity contribution in [3.63, 3.8) is 0 Å². The molecule has 9 heteroatoms. The summed E-state index contributed by atoms with van der Waals surface area (Å²) in [4.78, 5) is 23.8. The molecule has 0 fully saturated rings. The van der Waals surface area contributed by atoms with E-state index in [0.29, 0.717) is 18.8 Å². The number of nitrogens with one attached hydrogen (secondary N) is 2. The first kappa shape index (κ1) is 21.6. The quantitative estimate of drug-likeness (QED) is 0.700. The minimum absolute atomic E-state index is 0.0940. The van der Waals surface area contributed by atoms with Crippen molar-refractivity contribution in [3.05, 3.63) is 47.8 Å². The summed E-state index contributed by atoms with van der Waals surface area (Å²) in [7, 11) is -2.00. The number of rotatable bonds is 8. The summed E-state index contributed by atoms with van der Waals surface area (Å²) < 4.78 is 28.1. The van der Waals surface area contributed by atoms with E-state index in [-0.39, 0.29) is 28.9 Å². The highest BCUT2D eigenvalue weighted by Crippen LogP contribution is 2.18. The normalized spacial score (nSPS) is 11.5. The summed E-state index contributed by atoms with van der Waals surface area (Å²) in [6.07, 6.45) is 1.44. The van der Waals surface area contributed by atoms with E-state index in [1.807, 2.05) is 6.07 Å². The smallest absolute Gasteiger partial charge is 0.268 e. The third-order valence-corrected chi connectivity index (χ3v) is 6.27. The molecular formula is C19H26N4O4S. The Bertz CT molecular complexity index is 962. The molecule has 0 spiro atoms. The number of carbonyl (C=O) groups excluding carboxylic acids is 2. The van der Waals surface area contributed by atoms with E-state index in [1.165, 1.54) is 28.1 Å². The van der Waals surface area contributed by atoms with E-state index in [2.05, 4.69) is 10.6 Å². The summed E-state index contributed by atoms with van der Waals surface area (Å²) in [5, 5.41) is 5.47. The summed E-state index contributed by atoms with van der Waals surface area (Å²) in [5.74, 6) is -0.555. The van der Waals surface area contributed by atoms with Gasteiger partial charge in [-0.3, -0.25) is 9.59 Å². The summed E-state index contributed by atoms with van der Waals surface area (Å²) >= 11 is 0. The van der Waals surface area contributed by atoms with Crippen LogP contribution in [0.4, 0.5) is 5.69 Å². The van der Waals surface area contributed by atoms with E-state index in [1.54, 1.807) is 39.1 Å². The van der Waals surface area contributed by atoms with Crippen LogP contribution in [0.1, 0.15) is 36.8 Å². The van der Waals surface area contributed by atoms with Gasteiger partial charge in [-0.25, -0.2) is 8.42 Å². The number of aromatic nitrogens is 1. The Morgan fingerprint density at radius 1 is 1.14 bits per heavy atom. The number of amides is 2. The number of aryl methyl sites for hydroxylation is 1. The Labute approximate surface area is 165 Å². The molecule has 0 saturated carbocycles. The van der Waals surface area contributed by atoms with Gasteiger partial charge in [-0.2, -0.15) is 4.31 Å². The Morgan fingerprint density at radius 3 is 2.43 bits per heavy atom. The highest BCUT2D eigenvalue weighted by molar-refractivity contribution is 7.89. The molecule has 1 aromatic carbocycles. The minimum atomic E-state index is -3.63. The molecule has 0 unspecified atom stereocenters. The fraction of sp³-hybridized carbons (Fsp3) is 0.368. The molecule has 1 aromatic heterocycles. The maximum atomic E-state index is 12.6. The summed E-state index contributed by atoms with van der Waals surface area (Å²) in [6, 6.07) is 8.52. The third-order valence-electron chi connectivity index (χ3n) is 4.26. The Balaban J connectivity index is 2.14. The van der Waals surface area contributed by atoms with Crippen LogP contribution < -0.4 is 10.6 Å². The largest absolute Gasteiger partial charge is 0.347 e. The van der Waals surface area contributed by atoms with Gasteiger partial charge in [0.25, 0.3) is 5.91 Å². The molecule has 0 saturated heterocycles.